The summed E-state index contributed by atoms with van der Waals surface area (Å²) in [4.78, 5) is 3.92. The molecule has 0 spiro atoms. The molecule has 0 radical (unpaired) electrons. The van der Waals surface area contributed by atoms with Crippen LogP contribution in [0, 0.1) is 18.6 Å². The van der Waals surface area contributed by atoms with E-state index in [2.05, 4.69) is 31.5 Å². The summed E-state index contributed by atoms with van der Waals surface area (Å²) in [5.41, 5.74) is 1.69. The molecule has 2 N–H and O–H groups in total. The van der Waals surface area contributed by atoms with E-state index in [1.807, 2.05) is 26.0 Å². The van der Waals surface area contributed by atoms with Gasteiger partial charge in [-0.25, -0.2) is 13.8 Å². The van der Waals surface area contributed by atoms with Crippen molar-refractivity contribution in [1.29, 1.82) is 0 Å². The lowest BCUT2D eigenvalue weighted by Gasteiger charge is -2.11. The zero-order valence-corrected chi connectivity index (χ0v) is 12.7. The maximum atomic E-state index is 13.7. The number of halogens is 3. The van der Waals surface area contributed by atoms with E-state index in [1.165, 1.54) is 0 Å². The van der Waals surface area contributed by atoms with Crippen molar-refractivity contribution in [2.75, 3.05) is 17.2 Å². The summed E-state index contributed by atoms with van der Waals surface area (Å²) in [6.45, 7) is 4.25. The molecule has 0 aliphatic heterocycles. The molecule has 0 aliphatic rings. The maximum Gasteiger partial charge on any atom is 0.169 e. The molecule has 20 heavy (non-hydrogen) atoms. The van der Waals surface area contributed by atoms with Crippen molar-refractivity contribution in [3.8, 4) is 0 Å². The van der Waals surface area contributed by atoms with Crippen LogP contribution in [0.3, 0.4) is 0 Å². The highest BCUT2D eigenvalue weighted by Crippen LogP contribution is 2.25. The number of nitrogens with one attached hydrogen (secondary N) is 2. The smallest absolute Gasteiger partial charge is 0.169 e. The van der Waals surface area contributed by atoms with Gasteiger partial charge in [-0.1, -0.05) is 15.9 Å². The Morgan fingerprint density at radius 2 is 1.85 bits per heavy atom. The van der Waals surface area contributed by atoms with Gasteiger partial charge in [-0.3, -0.25) is 0 Å². The summed E-state index contributed by atoms with van der Waals surface area (Å²) in [6.07, 6.45) is 0. The number of rotatable bonds is 4. The van der Waals surface area contributed by atoms with Crippen molar-refractivity contribution in [1.82, 2.24) is 4.98 Å². The van der Waals surface area contributed by atoms with Crippen LogP contribution in [0.25, 0.3) is 0 Å². The lowest BCUT2D eigenvalue weighted by atomic mass is 10.2. The highest BCUT2D eigenvalue weighted by Gasteiger charge is 2.11. The van der Waals surface area contributed by atoms with Gasteiger partial charge < -0.3 is 10.6 Å². The lowest BCUT2D eigenvalue weighted by Crippen LogP contribution is -2.06. The average Bonchev–Trinajstić information content (AvgIpc) is 2.39. The lowest BCUT2D eigenvalue weighted by molar-refractivity contribution is 0.579. The van der Waals surface area contributed by atoms with Crippen molar-refractivity contribution < 1.29 is 8.78 Å². The van der Waals surface area contributed by atoms with Gasteiger partial charge in [-0.15, -0.1) is 0 Å². The Hall–Kier alpha value is -1.69. The molecule has 0 bridgehead atoms. The Bertz CT molecular complexity index is 632. The van der Waals surface area contributed by atoms with Gasteiger partial charge in [-0.2, -0.15) is 0 Å². The van der Waals surface area contributed by atoms with Crippen LogP contribution in [0.15, 0.2) is 28.7 Å². The highest BCUT2D eigenvalue weighted by atomic mass is 79.9. The molecule has 1 aromatic heterocycles. The molecular weight excluding hydrogens is 328 g/mol. The number of anilines is 3. The first-order valence-corrected chi connectivity index (χ1v) is 6.93. The van der Waals surface area contributed by atoms with Crippen LogP contribution in [-0.2, 0) is 0 Å². The van der Waals surface area contributed by atoms with Gasteiger partial charge in [0.05, 0.1) is 0 Å². The first-order chi connectivity index (χ1) is 9.51. The molecule has 6 heteroatoms. The second kappa shape index (κ2) is 6.17. The summed E-state index contributed by atoms with van der Waals surface area (Å²) in [5, 5.41) is 5.60. The van der Waals surface area contributed by atoms with E-state index in [0.29, 0.717) is 12.2 Å². The molecule has 2 aromatic rings. The van der Waals surface area contributed by atoms with Crippen molar-refractivity contribution >= 4 is 33.3 Å². The second-order valence-electron chi connectivity index (χ2n) is 4.27. The molecule has 1 aromatic carbocycles. The molecule has 0 amide bonds. The molecule has 0 atom stereocenters. The molecule has 0 unspecified atom stereocenters. The topological polar surface area (TPSA) is 37.0 Å². The minimum absolute atomic E-state index is 0.0101. The van der Waals surface area contributed by atoms with Crippen LogP contribution in [0.5, 0.6) is 0 Å². The average molecular weight is 342 g/mol. The summed E-state index contributed by atoms with van der Waals surface area (Å²) < 4.78 is 28.2. The van der Waals surface area contributed by atoms with Crippen molar-refractivity contribution in [3.05, 3.63) is 45.9 Å². The number of aryl methyl sites for hydroxylation is 1. The number of benzene rings is 1. The standard InChI is InChI=1S/C14H14BrF2N3/c1-3-18-13-11(16)7-12(17)14(20-13)19-9-4-5-10(15)8(2)6-9/h4-7H,3H2,1-2H3,(H2,18,19,20). The summed E-state index contributed by atoms with van der Waals surface area (Å²) >= 11 is 3.39. The first kappa shape index (κ1) is 14.7. The van der Waals surface area contributed by atoms with Gasteiger partial charge in [0, 0.05) is 22.8 Å². The minimum atomic E-state index is -0.732. The molecule has 0 saturated carbocycles. The van der Waals surface area contributed by atoms with Crippen LogP contribution in [0.1, 0.15) is 12.5 Å². The SMILES string of the molecule is CCNc1nc(Nc2ccc(Br)c(C)c2)c(F)cc1F. The predicted octanol–water partition coefficient (Wildman–Crippen LogP) is 4.61. The molecule has 3 nitrogen and oxygen atoms in total. The van der Waals surface area contributed by atoms with Gasteiger partial charge in [0.25, 0.3) is 0 Å². The molecule has 0 fully saturated rings. The van der Waals surface area contributed by atoms with E-state index in [9.17, 15) is 8.78 Å². The summed E-state index contributed by atoms with van der Waals surface area (Å²) in [5.74, 6) is -1.42. The summed E-state index contributed by atoms with van der Waals surface area (Å²) in [7, 11) is 0. The largest absolute Gasteiger partial charge is 0.368 e. The fourth-order valence-corrected chi connectivity index (χ4v) is 1.95. The van der Waals surface area contributed by atoms with Crippen LogP contribution >= 0.6 is 15.9 Å². The molecule has 106 valence electrons. The Balaban J connectivity index is 2.32. The Labute approximate surface area is 124 Å². The van der Waals surface area contributed by atoms with E-state index in [-0.39, 0.29) is 11.6 Å². The maximum absolute atomic E-state index is 13.7. The third kappa shape index (κ3) is 3.25. The van der Waals surface area contributed by atoms with Gasteiger partial charge in [0.1, 0.15) is 0 Å². The molecular formula is C14H14BrF2N3. The molecule has 2 rings (SSSR count). The first-order valence-electron chi connectivity index (χ1n) is 6.14. The van der Waals surface area contributed by atoms with E-state index in [4.69, 9.17) is 0 Å². The van der Waals surface area contributed by atoms with Crippen LogP contribution in [-0.4, -0.2) is 11.5 Å². The third-order valence-corrected chi connectivity index (χ3v) is 3.58. The van der Waals surface area contributed by atoms with Gasteiger partial charge >= 0.3 is 0 Å². The summed E-state index contributed by atoms with van der Waals surface area (Å²) in [6, 6.07) is 6.30. The van der Waals surface area contributed by atoms with Crippen molar-refractivity contribution in [2.45, 2.75) is 13.8 Å². The molecule has 0 aliphatic carbocycles. The zero-order valence-electron chi connectivity index (χ0n) is 11.1. The normalized spacial score (nSPS) is 10.4. The Kier molecular flexibility index (Phi) is 4.54. The van der Waals surface area contributed by atoms with Crippen LogP contribution in [0.4, 0.5) is 26.1 Å². The quantitative estimate of drug-likeness (QED) is 0.852. The monoisotopic (exact) mass is 341 g/mol. The number of nitrogens with zero attached hydrogens (tertiary/aromatic N) is 1. The number of hydrogen-bond acceptors (Lipinski definition) is 3. The highest BCUT2D eigenvalue weighted by molar-refractivity contribution is 9.10. The molecule has 0 saturated heterocycles. The predicted molar refractivity (Wildman–Crippen MR) is 80.5 cm³/mol. The fourth-order valence-electron chi connectivity index (χ4n) is 1.70. The Morgan fingerprint density at radius 1 is 1.15 bits per heavy atom. The molecule has 1 heterocycles. The van der Waals surface area contributed by atoms with E-state index in [1.54, 1.807) is 6.07 Å². The van der Waals surface area contributed by atoms with Crippen LogP contribution < -0.4 is 10.6 Å². The van der Waals surface area contributed by atoms with Crippen LogP contribution in [0.2, 0.25) is 0 Å². The number of hydrogen-bond donors (Lipinski definition) is 2. The fraction of sp³-hybridized carbons (Fsp3) is 0.214. The van der Waals surface area contributed by atoms with Gasteiger partial charge in [0.15, 0.2) is 23.3 Å². The van der Waals surface area contributed by atoms with E-state index < -0.39 is 11.6 Å². The second-order valence-corrected chi connectivity index (χ2v) is 5.12. The van der Waals surface area contributed by atoms with Crippen molar-refractivity contribution in [3.63, 3.8) is 0 Å². The Morgan fingerprint density at radius 3 is 2.50 bits per heavy atom. The van der Waals surface area contributed by atoms with Crippen molar-refractivity contribution in [2.24, 2.45) is 0 Å². The van der Waals surface area contributed by atoms with E-state index in [0.717, 1.165) is 16.1 Å². The number of pyridine rings is 1. The minimum Gasteiger partial charge on any atom is -0.368 e. The van der Waals surface area contributed by atoms with E-state index >= 15 is 0 Å². The number of aromatic nitrogens is 1. The van der Waals surface area contributed by atoms with Gasteiger partial charge in [0.2, 0.25) is 0 Å². The van der Waals surface area contributed by atoms with Gasteiger partial charge in [-0.05, 0) is 37.6 Å². The zero-order chi connectivity index (χ0) is 14.7. The third-order valence-electron chi connectivity index (χ3n) is 2.69.